The minimum atomic E-state index is -2.95. The summed E-state index contributed by atoms with van der Waals surface area (Å²) >= 11 is 0. The second kappa shape index (κ2) is 20.1. The zero-order chi connectivity index (χ0) is 58.9. The van der Waals surface area contributed by atoms with Crippen LogP contribution >= 0.6 is 0 Å². The summed E-state index contributed by atoms with van der Waals surface area (Å²) in [6, 6.07) is 74.7. The molecule has 4 aromatic heterocycles. The van der Waals surface area contributed by atoms with Crippen molar-refractivity contribution >= 4 is 61.7 Å². The molecule has 0 saturated carbocycles. The van der Waals surface area contributed by atoms with E-state index in [1.54, 1.807) is 6.20 Å². The van der Waals surface area contributed by atoms with Gasteiger partial charge in [-0.2, -0.15) is 0 Å². The third-order valence-corrected chi connectivity index (χ3v) is 20.2. The summed E-state index contributed by atoms with van der Waals surface area (Å²) in [5.74, 6) is 2.45. The van der Waals surface area contributed by atoms with E-state index >= 15 is 0 Å². The lowest BCUT2D eigenvalue weighted by atomic mass is 9.83. The first kappa shape index (κ1) is 44.5. The average Bonchev–Trinajstić information content (AvgIpc) is 3.74. The molecule has 0 radical (unpaired) electrons. The van der Waals surface area contributed by atoms with Gasteiger partial charge in [-0.25, -0.2) is 4.98 Å². The molecule has 0 fully saturated rings. The lowest BCUT2D eigenvalue weighted by molar-refractivity contribution is -0.572. The largest absolute Gasteiger partial charge is 0.458 e. The van der Waals surface area contributed by atoms with Gasteiger partial charge in [0, 0.05) is 35.3 Å². The van der Waals surface area contributed by atoms with Crippen LogP contribution in [0.2, 0.25) is 0 Å². The van der Waals surface area contributed by atoms with Crippen LogP contribution in [0.1, 0.15) is 59.5 Å². The van der Waals surface area contributed by atoms with Crippen molar-refractivity contribution in [2.24, 2.45) is 0 Å². The van der Waals surface area contributed by atoms with Crippen LogP contribution in [-0.2, 0) is 10.8 Å². The van der Waals surface area contributed by atoms with Gasteiger partial charge in [0.05, 0.1) is 34.6 Å². The van der Waals surface area contributed by atoms with Crippen LogP contribution in [0, 0.1) is 6.33 Å². The van der Waals surface area contributed by atoms with Crippen molar-refractivity contribution in [1.82, 2.24) is 19.1 Å². The third kappa shape index (κ3) is 8.90. The van der Waals surface area contributed by atoms with E-state index in [0.717, 1.165) is 55.5 Å². The van der Waals surface area contributed by atoms with Gasteiger partial charge < -0.3 is 4.74 Å². The number of pyridine rings is 2. The van der Waals surface area contributed by atoms with E-state index in [1.165, 1.54) is 26.3 Å². The Bertz CT molecular complexity index is 4600. The van der Waals surface area contributed by atoms with Gasteiger partial charge in [0.1, 0.15) is 17.3 Å². The van der Waals surface area contributed by atoms with Crippen molar-refractivity contribution in [1.29, 1.82) is 0 Å². The van der Waals surface area contributed by atoms with Gasteiger partial charge in [-0.1, -0.05) is 236 Å². The summed E-state index contributed by atoms with van der Waals surface area (Å²) in [5, 5.41) is 7.23. The van der Waals surface area contributed by atoms with Gasteiger partial charge in [-0.05, 0) is 107 Å². The minimum Gasteiger partial charge on any atom is -0.458 e. The fraction of sp³-hybridized carbons (Fsp3) is 0.110. The molecule has 0 saturated heterocycles. The molecule has 0 bridgehead atoms. The van der Waals surface area contributed by atoms with Gasteiger partial charge in [0.25, 0.3) is 6.33 Å². The lowest BCUT2D eigenvalue weighted by Gasteiger charge is -2.35. The monoisotopic (exact) mass is 1060 g/mol. The van der Waals surface area contributed by atoms with Gasteiger partial charge in [0.15, 0.2) is 13.9 Å². The highest BCUT2D eigenvalue weighted by Crippen LogP contribution is 2.38. The number of imidazole rings is 1. The lowest BCUT2D eigenvalue weighted by Crippen LogP contribution is -2.74. The smallest absolute Gasteiger partial charge is 0.271 e. The van der Waals surface area contributed by atoms with E-state index in [0.29, 0.717) is 28.4 Å². The number of aromatic nitrogens is 5. The number of fused-ring (bicyclic) bond motifs is 4. The van der Waals surface area contributed by atoms with Crippen LogP contribution < -0.4 is 30.1 Å². The molecule has 13 aromatic rings. The van der Waals surface area contributed by atoms with Crippen LogP contribution in [0.15, 0.2) is 261 Å². The summed E-state index contributed by atoms with van der Waals surface area (Å²) in [6.07, 6.45) is 7.39. The molecule has 4 heterocycles. The molecule has 9 aromatic carbocycles. The highest BCUT2D eigenvalue weighted by atomic mass is 28.3. The van der Waals surface area contributed by atoms with E-state index < -0.39 is 26.2 Å². The molecule has 388 valence electrons. The first-order chi connectivity index (χ1) is 41.0. The Balaban J connectivity index is 1.01. The second-order valence-electron chi connectivity index (χ2n) is 22.5. The number of para-hydroxylation sites is 2. The standard InChI is InChI=1S/C73H61N5OSi/c1-72(2,3)54-41-43-75-70(47-54)78-65-36-20-19-33-62(65)63-39-38-55(48-67(63)78)79-56-42-44-74-69(49-56)76-50-77(66-40-37-52(46-68(66)76)51-23-11-7-12-24-51)71-61(34-22-35-64(71)73(4,5)6)53-25-21-32-60(45-53)80(57-26-13-8-14-27-57,58-28-15-9-16-29-58)59-30-17-10-18-31-59/h7-49H,1-6H3/i7D,11D,12D,23D,24D. The Morgan fingerprint density at radius 1 is 0.475 bits per heavy atom. The molecule has 0 amide bonds. The van der Waals surface area contributed by atoms with E-state index in [9.17, 15) is 0 Å². The van der Waals surface area contributed by atoms with E-state index in [2.05, 4.69) is 239 Å². The van der Waals surface area contributed by atoms with E-state index in [1.807, 2.05) is 47.2 Å². The van der Waals surface area contributed by atoms with Crippen LogP contribution in [0.3, 0.4) is 0 Å². The zero-order valence-corrected chi connectivity index (χ0v) is 46.6. The van der Waals surface area contributed by atoms with Crippen LogP contribution in [-0.4, -0.2) is 27.2 Å². The molecule has 0 aliphatic carbocycles. The molecule has 0 unspecified atom stereocenters. The normalized spacial score (nSPS) is 13.0. The quantitative estimate of drug-likeness (QED) is 0.0561. The first-order valence-corrected chi connectivity index (χ1v) is 29.1. The Morgan fingerprint density at radius 3 is 1.80 bits per heavy atom. The van der Waals surface area contributed by atoms with Crippen molar-refractivity contribution < 1.29 is 16.2 Å². The summed E-state index contributed by atoms with van der Waals surface area (Å²) in [4.78, 5) is 9.89. The zero-order valence-electron chi connectivity index (χ0n) is 50.6. The Hall–Kier alpha value is -9.43. The Labute approximate surface area is 476 Å². The fourth-order valence-corrected chi connectivity index (χ4v) is 16.4. The number of hydrogen-bond acceptors (Lipinski definition) is 3. The van der Waals surface area contributed by atoms with Crippen molar-refractivity contribution in [3.05, 3.63) is 278 Å². The van der Waals surface area contributed by atoms with Crippen molar-refractivity contribution in [2.75, 3.05) is 0 Å². The van der Waals surface area contributed by atoms with E-state index in [-0.39, 0.29) is 28.5 Å². The maximum Gasteiger partial charge on any atom is 0.271 e. The van der Waals surface area contributed by atoms with Crippen molar-refractivity contribution in [3.8, 4) is 51.1 Å². The highest BCUT2D eigenvalue weighted by Gasteiger charge is 2.41. The molecule has 6 nitrogen and oxygen atoms in total. The van der Waals surface area contributed by atoms with E-state index in [4.69, 9.17) is 21.6 Å². The predicted octanol–water partition coefficient (Wildman–Crippen LogP) is 14.7. The molecule has 0 spiro atoms. The van der Waals surface area contributed by atoms with Gasteiger partial charge in [0.2, 0.25) is 0 Å². The predicted molar refractivity (Wildman–Crippen MR) is 332 cm³/mol. The second-order valence-corrected chi connectivity index (χ2v) is 26.3. The fourth-order valence-electron chi connectivity index (χ4n) is 11.6. The Morgan fingerprint density at radius 2 is 1.10 bits per heavy atom. The topological polar surface area (TPSA) is 48.8 Å². The third-order valence-electron chi connectivity index (χ3n) is 15.4. The molecule has 7 heteroatoms. The highest BCUT2D eigenvalue weighted by molar-refractivity contribution is 7.19. The molecule has 0 aliphatic heterocycles. The number of benzene rings is 9. The number of nitrogens with zero attached hydrogens (tertiary/aromatic N) is 5. The molecule has 80 heavy (non-hydrogen) atoms. The molecular weight excluding hydrogens is 991 g/mol. The first-order valence-electron chi connectivity index (χ1n) is 29.6. The van der Waals surface area contributed by atoms with Crippen LogP contribution in [0.4, 0.5) is 0 Å². The maximum atomic E-state index is 9.07. The average molecular weight is 1060 g/mol. The van der Waals surface area contributed by atoms with Crippen molar-refractivity contribution in [2.45, 2.75) is 52.4 Å². The molecule has 13 rings (SSSR count). The molecule has 0 N–H and O–H groups in total. The SMILES string of the molecule is [2H]c1c([2H])c([2H])c(-c2ccc3c(c2)n(-c2cc(Oc4ccc5c6ccccc6n(-c6cc(C(C)(C)C)ccn6)c5c4)ccn2)[c-][n+]3-c2c(-c3cccc([Si](c4ccccc4)(c4ccccc4)c4ccccc4)c3)cccc2C(C)(C)C)c([2H])c1[2H]. The van der Waals surface area contributed by atoms with Gasteiger partial charge >= 0.3 is 0 Å². The summed E-state index contributed by atoms with van der Waals surface area (Å²) in [7, 11) is -2.95. The van der Waals surface area contributed by atoms with Gasteiger partial charge in [-0.15, -0.1) is 0 Å². The Kier molecular flexibility index (Phi) is 11.2. The number of ether oxygens (including phenoxy) is 1. The van der Waals surface area contributed by atoms with Crippen molar-refractivity contribution in [3.63, 3.8) is 0 Å². The summed E-state index contributed by atoms with van der Waals surface area (Å²) in [5.41, 5.74) is 8.64. The molecule has 0 atom stereocenters. The number of rotatable bonds is 11. The van der Waals surface area contributed by atoms with Crippen LogP contribution in [0.5, 0.6) is 11.5 Å². The molecular formula is C73H61N5OSi. The maximum absolute atomic E-state index is 9.07. The summed E-state index contributed by atoms with van der Waals surface area (Å²) in [6.45, 7) is 13.3. The number of hydrogen-bond donors (Lipinski definition) is 0. The van der Waals surface area contributed by atoms with Crippen LogP contribution in [0.25, 0.3) is 72.4 Å². The summed E-state index contributed by atoms with van der Waals surface area (Å²) < 4.78 is 56.9. The molecule has 0 aliphatic rings. The minimum absolute atomic E-state index is 0.0828. The van der Waals surface area contributed by atoms with Gasteiger partial charge in [-0.3, -0.25) is 18.7 Å².